The van der Waals surface area contributed by atoms with E-state index in [4.69, 9.17) is 9.47 Å². The highest BCUT2D eigenvalue weighted by molar-refractivity contribution is 6.07. The van der Waals surface area contributed by atoms with E-state index in [1.54, 1.807) is 26.0 Å². The van der Waals surface area contributed by atoms with E-state index >= 15 is 4.39 Å². The molecular formula is C29H22F2N4O4. The second-order valence-electron chi connectivity index (χ2n) is 8.64. The number of aromatic hydroxyl groups is 1. The zero-order chi connectivity index (χ0) is 27.7. The standard InChI is InChI=1S/C29H22F2N4O4/c1-15-25(38-3)13-22-27(34-15)24(10-11-32-22)39-23-9-8-19(12-21(23)31)35-29(37)20-14-33-16(2)26(28(20)36)17-4-6-18(30)7-5-17/h4-14H,1-3H3,(H,33,36)(H,35,37). The second-order valence-corrected chi connectivity index (χ2v) is 8.64. The van der Waals surface area contributed by atoms with Crippen molar-refractivity contribution in [2.45, 2.75) is 13.8 Å². The van der Waals surface area contributed by atoms with Crippen LogP contribution in [-0.2, 0) is 0 Å². The van der Waals surface area contributed by atoms with E-state index in [0.29, 0.717) is 45.0 Å². The van der Waals surface area contributed by atoms with E-state index in [0.717, 1.165) is 6.07 Å². The number of hydrogen-bond donors (Lipinski definition) is 2. The van der Waals surface area contributed by atoms with Crippen LogP contribution in [0.15, 0.2) is 67.0 Å². The van der Waals surface area contributed by atoms with Crippen molar-refractivity contribution in [2.24, 2.45) is 0 Å². The summed E-state index contributed by atoms with van der Waals surface area (Å²) in [7, 11) is 1.53. The summed E-state index contributed by atoms with van der Waals surface area (Å²) < 4.78 is 39.4. The summed E-state index contributed by atoms with van der Waals surface area (Å²) in [4.78, 5) is 25.9. The first kappa shape index (κ1) is 25.5. The summed E-state index contributed by atoms with van der Waals surface area (Å²) in [6, 6.07) is 12.7. The second kappa shape index (κ2) is 10.3. The van der Waals surface area contributed by atoms with Gasteiger partial charge in [0.25, 0.3) is 5.91 Å². The van der Waals surface area contributed by atoms with E-state index in [-0.39, 0.29) is 22.7 Å². The topological polar surface area (TPSA) is 106 Å². The SMILES string of the molecule is COc1cc2nccc(Oc3ccc(NC(=O)c4cnc(C)c(-c5ccc(F)cc5)c4O)cc3F)c2nc1C. The number of benzene rings is 2. The third kappa shape index (κ3) is 5.04. The lowest BCUT2D eigenvalue weighted by Gasteiger charge is -2.14. The molecule has 0 atom stereocenters. The number of carbonyl (C=O) groups is 1. The van der Waals surface area contributed by atoms with E-state index in [2.05, 4.69) is 20.3 Å². The number of carbonyl (C=O) groups excluding carboxylic acids is 1. The number of halogens is 2. The van der Waals surface area contributed by atoms with Gasteiger partial charge >= 0.3 is 0 Å². The van der Waals surface area contributed by atoms with Crippen molar-refractivity contribution in [1.82, 2.24) is 15.0 Å². The number of anilines is 1. The third-order valence-corrected chi connectivity index (χ3v) is 6.07. The van der Waals surface area contributed by atoms with E-state index in [1.807, 2.05) is 0 Å². The fourth-order valence-corrected chi connectivity index (χ4v) is 4.11. The quantitative estimate of drug-likeness (QED) is 0.265. The Labute approximate surface area is 221 Å². The highest BCUT2D eigenvalue weighted by Gasteiger charge is 2.20. The molecule has 3 heterocycles. The summed E-state index contributed by atoms with van der Waals surface area (Å²) in [5.74, 6) is -1.42. The molecule has 3 aromatic heterocycles. The minimum absolute atomic E-state index is 0.0887. The molecule has 0 aliphatic carbocycles. The zero-order valence-electron chi connectivity index (χ0n) is 21.1. The number of aryl methyl sites for hydroxylation is 2. The number of nitrogens with zero attached hydrogens (tertiary/aromatic N) is 3. The van der Waals surface area contributed by atoms with Gasteiger partial charge < -0.3 is 19.9 Å². The molecule has 0 aliphatic rings. The molecule has 0 bridgehead atoms. The molecule has 0 fully saturated rings. The first-order chi connectivity index (χ1) is 18.7. The predicted octanol–water partition coefficient (Wildman–Crippen LogP) is 6.35. The molecule has 0 unspecified atom stereocenters. The maximum atomic E-state index is 15.0. The Balaban J connectivity index is 1.39. The monoisotopic (exact) mass is 528 g/mol. The molecule has 5 rings (SSSR count). The van der Waals surface area contributed by atoms with Gasteiger partial charge in [0.2, 0.25) is 0 Å². The van der Waals surface area contributed by atoms with Gasteiger partial charge in [0.15, 0.2) is 17.3 Å². The van der Waals surface area contributed by atoms with Crippen LogP contribution in [0.1, 0.15) is 21.7 Å². The Bertz CT molecular complexity index is 1730. The van der Waals surface area contributed by atoms with Crippen molar-refractivity contribution >= 4 is 22.6 Å². The molecule has 8 nitrogen and oxygen atoms in total. The Morgan fingerprint density at radius 2 is 1.69 bits per heavy atom. The molecule has 196 valence electrons. The van der Waals surface area contributed by atoms with Crippen LogP contribution in [-0.4, -0.2) is 33.1 Å². The first-order valence-corrected chi connectivity index (χ1v) is 11.8. The minimum atomic E-state index is -0.735. The molecular weight excluding hydrogens is 506 g/mol. The number of methoxy groups -OCH3 is 1. The maximum Gasteiger partial charge on any atom is 0.261 e. The molecule has 2 N–H and O–H groups in total. The largest absolute Gasteiger partial charge is 0.506 e. The lowest BCUT2D eigenvalue weighted by atomic mass is 10.0. The minimum Gasteiger partial charge on any atom is -0.506 e. The molecule has 0 spiro atoms. The normalized spacial score (nSPS) is 10.9. The molecule has 10 heteroatoms. The van der Waals surface area contributed by atoms with Gasteiger partial charge in [-0.15, -0.1) is 0 Å². The van der Waals surface area contributed by atoms with Gasteiger partial charge in [-0.3, -0.25) is 14.8 Å². The maximum absolute atomic E-state index is 15.0. The van der Waals surface area contributed by atoms with Crippen molar-refractivity contribution in [3.8, 4) is 34.1 Å². The highest BCUT2D eigenvalue weighted by Crippen LogP contribution is 2.35. The summed E-state index contributed by atoms with van der Waals surface area (Å²) in [6.07, 6.45) is 2.74. The van der Waals surface area contributed by atoms with Crippen molar-refractivity contribution in [1.29, 1.82) is 0 Å². The van der Waals surface area contributed by atoms with E-state index < -0.39 is 17.5 Å². The Morgan fingerprint density at radius 1 is 0.923 bits per heavy atom. The Morgan fingerprint density at radius 3 is 2.41 bits per heavy atom. The van der Waals surface area contributed by atoms with Crippen LogP contribution in [0, 0.1) is 25.5 Å². The summed E-state index contributed by atoms with van der Waals surface area (Å²) in [5.41, 5.74) is 2.83. The van der Waals surface area contributed by atoms with Crippen molar-refractivity contribution in [2.75, 3.05) is 12.4 Å². The van der Waals surface area contributed by atoms with Gasteiger partial charge in [-0.05, 0) is 43.7 Å². The number of ether oxygens (including phenoxy) is 2. The summed E-state index contributed by atoms with van der Waals surface area (Å²) >= 11 is 0. The number of amides is 1. The predicted molar refractivity (Wildman–Crippen MR) is 141 cm³/mol. The van der Waals surface area contributed by atoms with Crippen LogP contribution in [0.2, 0.25) is 0 Å². The van der Waals surface area contributed by atoms with Crippen LogP contribution in [0.3, 0.4) is 0 Å². The number of fused-ring (bicyclic) bond motifs is 1. The number of rotatable bonds is 6. The van der Waals surface area contributed by atoms with Crippen LogP contribution in [0.4, 0.5) is 14.5 Å². The van der Waals surface area contributed by atoms with Gasteiger partial charge in [0, 0.05) is 47.5 Å². The number of pyridine rings is 3. The van der Waals surface area contributed by atoms with Crippen LogP contribution >= 0.6 is 0 Å². The first-order valence-electron chi connectivity index (χ1n) is 11.8. The Hall–Kier alpha value is -5.12. The summed E-state index contributed by atoms with van der Waals surface area (Å²) in [5, 5.41) is 13.4. The zero-order valence-corrected chi connectivity index (χ0v) is 21.1. The van der Waals surface area contributed by atoms with Gasteiger partial charge in [-0.25, -0.2) is 13.8 Å². The Kier molecular flexibility index (Phi) is 6.76. The number of aromatic nitrogens is 3. The average molecular weight is 529 g/mol. The van der Waals surface area contributed by atoms with Crippen LogP contribution < -0.4 is 14.8 Å². The van der Waals surface area contributed by atoms with E-state index in [9.17, 15) is 14.3 Å². The molecule has 1 amide bonds. The lowest BCUT2D eigenvalue weighted by Crippen LogP contribution is -2.13. The summed E-state index contributed by atoms with van der Waals surface area (Å²) in [6.45, 7) is 3.44. The molecule has 0 radical (unpaired) electrons. The van der Waals surface area contributed by atoms with Gasteiger partial charge in [-0.2, -0.15) is 0 Å². The van der Waals surface area contributed by atoms with Gasteiger partial charge in [-0.1, -0.05) is 12.1 Å². The molecule has 2 aromatic carbocycles. The van der Waals surface area contributed by atoms with Crippen LogP contribution in [0.5, 0.6) is 23.0 Å². The van der Waals surface area contributed by atoms with Gasteiger partial charge in [0.1, 0.15) is 28.4 Å². The van der Waals surface area contributed by atoms with Crippen molar-refractivity contribution in [3.63, 3.8) is 0 Å². The molecule has 0 saturated heterocycles. The lowest BCUT2D eigenvalue weighted by molar-refractivity contribution is 0.102. The smallest absolute Gasteiger partial charge is 0.261 e. The average Bonchev–Trinajstić information content (AvgIpc) is 2.91. The van der Waals surface area contributed by atoms with E-state index in [1.165, 1.54) is 55.9 Å². The van der Waals surface area contributed by atoms with Crippen molar-refractivity contribution in [3.05, 3.63) is 95.6 Å². The third-order valence-electron chi connectivity index (χ3n) is 6.07. The molecule has 0 saturated carbocycles. The highest BCUT2D eigenvalue weighted by atomic mass is 19.1. The molecule has 39 heavy (non-hydrogen) atoms. The number of nitrogens with one attached hydrogen (secondary N) is 1. The van der Waals surface area contributed by atoms with Crippen LogP contribution in [0.25, 0.3) is 22.2 Å². The van der Waals surface area contributed by atoms with Gasteiger partial charge in [0.05, 0.1) is 18.3 Å². The fraction of sp³-hybridized carbons (Fsp3) is 0.103. The molecule has 5 aromatic rings. The number of hydrogen-bond acceptors (Lipinski definition) is 7. The molecule has 0 aliphatic heterocycles. The van der Waals surface area contributed by atoms with Crippen molar-refractivity contribution < 1.29 is 28.2 Å². The fourth-order valence-electron chi connectivity index (χ4n) is 4.11.